The summed E-state index contributed by atoms with van der Waals surface area (Å²) in [7, 11) is 1.52. The summed E-state index contributed by atoms with van der Waals surface area (Å²) < 4.78 is 7.15. The summed E-state index contributed by atoms with van der Waals surface area (Å²) in [6, 6.07) is 1.52. The number of nitrogens with one attached hydrogen (secondary N) is 1. The van der Waals surface area contributed by atoms with Gasteiger partial charge in [-0.2, -0.15) is 0 Å². The maximum Gasteiger partial charge on any atom is 0.255 e. The Morgan fingerprint density at radius 3 is 3.05 bits per heavy atom. The minimum absolute atomic E-state index is 0.197. The van der Waals surface area contributed by atoms with Gasteiger partial charge in [0.15, 0.2) is 4.96 Å². The zero-order chi connectivity index (χ0) is 15.7. The molecule has 22 heavy (non-hydrogen) atoms. The van der Waals surface area contributed by atoms with Gasteiger partial charge in [-0.1, -0.05) is 0 Å². The molecule has 0 fully saturated rings. The van der Waals surface area contributed by atoms with E-state index in [0.717, 1.165) is 16.3 Å². The predicted molar refractivity (Wildman–Crippen MR) is 84.5 cm³/mol. The molecule has 1 amide bonds. The number of hydrogen-bond donors (Lipinski definition) is 1. The lowest BCUT2D eigenvalue weighted by atomic mass is 10.1. The van der Waals surface area contributed by atoms with Crippen LogP contribution in [0.2, 0.25) is 0 Å². The van der Waals surface area contributed by atoms with Crippen molar-refractivity contribution in [3.05, 3.63) is 47.0 Å². The highest BCUT2D eigenvalue weighted by Gasteiger charge is 2.18. The molecule has 0 saturated heterocycles. The minimum atomic E-state index is -0.203. The number of methoxy groups -OCH3 is 1. The zero-order valence-electron chi connectivity index (χ0n) is 12.5. The second kappa shape index (κ2) is 5.76. The van der Waals surface area contributed by atoms with E-state index >= 15 is 0 Å². The number of carbonyl (C=O) groups is 1. The number of amides is 1. The molecule has 1 unspecified atom stereocenters. The van der Waals surface area contributed by atoms with Gasteiger partial charge in [-0.3, -0.25) is 14.2 Å². The molecule has 3 heterocycles. The number of rotatable bonds is 4. The molecule has 0 aliphatic heterocycles. The van der Waals surface area contributed by atoms with E-state index in [1.165, 1.54) is 7.11 Å². The van der Waals surface area contributed by atoms with Gasteiger partial charge in [0.1, 0.15) is 5.75 Å². The summed E-state index contributed by atoms with van der Waals surface area (Å²) in [4.78, 5) is 22.0. The van der Waals surface area contributed by atoms with Crippen molar-refractivity contribution in [2.24, 2.45) is 0 Å². The molecule has 0 aromatic carbocycles. The molecule has 0 spiro atoms. The number of imidazole rings is 1. The quantitative estimate of drug-likeness (QED) is 0.803. The van der Waals surface area contributed by atoms with Crippen LogP contribution in [-0.2, 0) is 0 Å². The molecule has 0 saturated carbocycles. The third kappa shape index (κ3) is 2.67. The molecular weight excluding hydrogens is 300 g/mol. The Morgan fingerprint density at radius 1 is 1.50 bits per heavy atom. The maximum atomic E-state index is 12.5. The molecule has 0 radical (unpaired) electrons. The topological polar surface area (TPSA) is 68.5 Å². The van der Waals surface area contributed by atoms with Crippen LogP contribution in [0.4, 0.5) is 0 Å². The van der Waals surface area contributed by atoms with Crippen molar-refractivity contribution < 1.29 is 9.53 Å². The molecule has 114 valence electrons. The molecule has 0 aliphatic rings. The Kier molecular flexibility index (Phi) is 3.81. The van der Waals surface area contributed by atoms with Gasteiger partial charge in [-0.05, 0) is 19.9 Å². The molecule has 0 aliphatic carbocycles. The fraction of sp³-hybridized carbons (Fsp3) is 0.267. The zero-order valence-corrected chi connectivity index (χ0v) is 13.3. The van der Waals surface area contributed by atoms with Crippen molar-refractivity contribution in [1.82, 2.24) is 19.7 Å². The lowest BCUT2D eigenvalue weighted by Crippen LogP contribution is -2.27. The van der Waals surface area contributed by atoms with Gasteiger partial charge in [-0.15, -0.1) is 11.3 Å². The van der Waals surface area contributed by atoms with Crippen LogP contribution >= 0.6 is 11.3 Å². The van der Waals surface area contributed by atoms with Crippen LogP contribution in [-0.4, -0.2) is 27.4 Å². The van der Waals surface area contributed by atoms with Crippen LogP contribution in [0.25, 0.3) is 4.96 Å². The number of carbonyl (C=O) groups excluding carboxylic acids is 1. The summed E-state index contributed by atoms with van der Waals surface area (Å²) in [6.45, 7) is 3.74. The van der Waals surface area contributed by atoms with E-state index in [0.29, 0.717) is 11.3 Å². The molecule has 7 heteroatoms. The lowest BCUT2D eigenvalue weighted by Gasteiger charge is -2.13. The van der Waals surface area contributed by atoms with Gasteiger partial charge in [0.05, 0.1) is 30.6 Å². The average molecular weight is 316 g/mol. The Bertz CT molecular complexity index is 795. The van der Waals surface area contributed by atoms with Gasteiger partial charge in [-0.25, -0.2) is 4.98 Å². The number of aromatic nitrogens is 3. The summed E-state index contributed by atoms with van der Waals surface area (Å²) in [5.41, 5.74) is 2.06. The van der Waals surface area contributed by atoms with Crippen molar-refractivity contribution >= 4 is 22.2 Å². The first-order valence-electron chi connectivity index (χ1n) is 6.82. The van der Waals surface area contributed by atoms with E-state index in [1.54, 1.807) is 23.6 Å². The van der Waals surface area contributed by atoms with Crippen molar-refractivity contribution in [2.75, 3.05) is 7.11 Å². The van der Waals surface area contributed by atoms with Gasteiger partial charge in [0.2, 0.25) is 0 Å². The van der Waals surface area contributed by atoms with Gasteiger partial charge in [0.25, 0.3) is 5.91 Å². The van der Waals surface area contributed by atoms with Crippen LogP contribution in [0.15, 0.2) is 30.0 Å². The average Bonchev–Trinajstić information content (AvgIpc) is 3.08. The number of pyridine rings is 1. The summed E-state index contributed by atoms with van der Waals surface area (Å²) in [6.07, 6.45) is 5.42. The van der Waals surface area contributed by atoms with Crippen LogP contribution in [0.1, 0.15) is 34.7 Å². The standard InChI is InChI=1S/C15H16N4O2S/c1-9-6-11(13(21-3)7-16-9)14(20)17-10(2)12-8-19-4-5-22-15(19)18-12/h4-8,10H,1-3H3,(H,17,20). The third-order valence-corrected chi connectivity index (χ3v) is 4.14. The van der Waals surface area contributed by atoms with E-state index in [4.69, 9.17) is 4.74 Å². The second-order valence-corrected chi connectivity index (χ2v) is 5.85. The van der Waals surface area contributed by atoms with Gasteiger partial charge >= 0.3 is 0 Å². The molecular formula is C15H16N4O2S. The fourth-order valence-electron chi connectivity index (χ4n) is 2.19. The third-order valence-electron chi connectivity index (χ3n) is 3.37. The number of aryl methyl sites for hydroxylation is 1. The molecule has 3 rings (SSSR count). The van der Waals surface area contributed by atoms with Gasteiger partial charge < -0.3 is 10.1 Å². The second-order valence-electron chi connectivity index (χ2n) is 4.98. The number of ether oxygens (including phenoxy) is 1. The van der Waals surface area contributed by atoms with Crippen LogP contribution < -0.4 is 10.1 Å². The van der Waals surface area contributed by atoms with E-state index in [-0.39, 0.29) is 11.9 Å². The molecule has 1 N–H and O–H groups in total. The number of nitrogens with zero attached hydrogens (tertiary/aromatic N) is 3. The van der Waals surface area contributed by atoms with E-state index in [2.05, 4.69) is 15.3 Å². The number of thiazole rings is 1. The Morgan fingerprint density at radius 2 is 2.32 bits per heavy atom. The smallest absolute Gasteiger partial charge is 0.255 e. The van der Waals surface area contributed by atoms with Crippen molar-refractivity contribution in [3.8, 4) is 5.75 Å². The SMILES string of the molecule is COc1cnc(C)cc1C(=O)NC(C)c1cn2ccsc2n1. The molecule has 3 aromatic heterocycles. The minimum Gasteiger partial charge on any atom is -0.494 e. The van der Waals surface area contributed by atoms with Gasteiger partial charge in [0, 0.05) is 23.5 Å². The highest BCUT2D eigenvalue weighted by atomic mass is 32.1. The fourth-order valence-corrected chi connectivity index (χ4v) is 2.90. The Hall–Kier alpha value is -2.41. The van der Waals surface area contributed by atoms with Crippen LogP contribution in [0.3, 0.4) is 0 Å². The molecule has 3 aromatic rings. The predicted octanol–water partition coefficient (Wildman–Crippen LogP) is 2.60. The Balaban J connectivity index is 1.81. The van der Waals surface area contributed by atoms with E-state index in [1.807, 2.05) is 36.0 Å². The number of hydrogen-bond acceptors (Lipinski definition) is 5. The largest absolute Gasteiger partial charge is 0.494 e. The highest BCUT2D eigenvalue weighted by molar-refractivity contribution is 7.15. The van der Waals surface area contributed by atoms with Crippen molar-refractivity contribution in [2.45, 2.75) is 19.9 Å². The van der Waals surface area contributed by atoms with E-state index in [9.17, 15) is 4.79 Å². The lowest BCUT2D eigenvalue weighted by molar-refractivity contribution is 0.0936. The first-order valence-corrected chi connectivity index (χ1v) is 7.70. The highest BCUT2D eigenvalue weighted by Crippen LogP contribution is 2.20. The molecule has 1 atom stereocenters. The van der Waals surface area contributed by atoms with Crippen molar-refractivity contribution in [1.29, 1.82) is 0 Å². The van der Waals surface area contributed by atoms with E-state index < -0.39 is 0 Å². The summed E-state index contributed by atoms with van der Waals surface area (Å²) >= 11 is 1.56. The maximum absolute atomic E-state index is 12.5. The Labute approximate surface area is 131 Å². The molecule has 6 nitrogen and oxygen atoms in total. The summed E-state index contributed by atoms with van der Waals surface area (Å²) in [5, 5.41) is 4.92. The molecule has 0 bridgehead atoms. The van der Waals surface area contributed by atoms with Crippen molar-refractivity contribution in [3.63, 3.8) is 0 Å². The van der Waals surface area contributed by atoms with Crippen LogP contribution in [0.5, 0.6) is 5.75 Å². The first-order chi connectivity index (χ1) is 10.6. The monoisotopic (exact) mass is 316 g/mol. The van der Waals surface area contributed by atoms with Crippen LogP contribution in [0, 0.1) is 6.92 Å². The normalized spacial score (nSPS) is 12.3. The first kappa shape index (κ1) is 14.5. The number of fused-ring (bicyclic) bond motifs is 1. The summed E-state index contributed by atoms with van der Waals surface area (Å²) in [5.74, 6) is 0.257.